The summed E-state index contributed by atoms with van der Waals surface area (Å²) in [7, 11) is 0. The van der Waals surface area contributed by atoms with E-state index >= 15 is 0 Å². The molecule has 0 saturated heterocycles. The van der Waals surface area contributed by atoms with E-state index in [1.807, 2.05) is 42.5 Å². The standard InChI is InChI=1S/C16H13BrN4O/c17-14-8-6-13(7-9-14)15(22)19-16-20-18-11-21(16)10-12-4-2-1-3-5-12/h1-9,11H,10H2,(H,19,20,22). The number of amides is 1. The molecule has 0 fully saturated rings. The van der Waals surface area contributed by atoms with Crippen molar-refractivity contribution in [2.24, 2.45) is 0 Å². The van der Waals surface area contributed by atoms with Crippen molar-refractivity contribution in [2.75, 3.05) is 5.32 Å². The van der Waals surface area contributed by atoms with E-state index in [0.717, 1.165) is 10.0 Å². The van der Waals surface area contributed by atoms with Gasteiger partial charge in [-0.1, -0.05) is 46.3 Å². The first-order valence-corrected chi connectivity index (χ1v) is 7.50. The lowest BCUT2D eigenvalue weighted by Gasteiger charge is -2.08. The number of halogens is 1. The van der Waals surface area contributed by atoms with Crippen molar-refractivity contribution in [3.8, 4) is 0 Å². The highest BCUT2D eigenvalue weighted by atomic mass is 79.9. The fourth-order valence-corrected chi connectivity index (χ4v) is 2.29. The normalized spacial score (nSPS) is 10.4. The average molecular weight is 357 g/mol. The minimum atomic E-state index is -0.213. The van der Waals surface area contributed by atoms with Gasteiger partial charge >= 0.3 is 0 Å². The number of hydrogen-bond donors (Lipinski definition) is 1. The summed E-state index contributed by atoms with van der Waals surface area (Å²) in [4.78, 5) is 12.2. The molecule has 0 aliphatic heterocycles. The second kappa shape index (κ2) is 6.53. The quantitative estimate of drug-likeness (QED) is 0.779. The van der Waals surface area contributed by atoms with Crippen LogP contribution in [0, 0.1) is 0 Å². The fraction of sp³-hybridized carbons (Fsp3) is 0.0625. The second-order valence-corrected chi connectivity index (χ2v) is 5.64. The van der Waals surface area contributed by atoms with Crippen LogP contribution in [0.2, 0.25) is 0 Å². The van der Waals surface area contributed by atoms with E-state index in [1.54, 1.807) is 23.0 Å². The van der Waals surface area contributed by atoms with Crippen LogP contribution in [-0.2, 0) is 6.54 Å². The Kier molecular flexibility index (Phi) is 4.29. The smallest absolute Gasteiger partial charge is 0.258 e. The highest BCUT2D eigenvalue weighted by Gasteiger charge is 2.11. The van der Waals surface area contributed by atoms with Crippen molar-refractivity contribution in [1.29, 1.82) is 0 Å². The van der Waals surface area contributed by atoms with Crippen LogP contribution in [0.25, 0.3) is 0 Å². The van der Waals surface area contributed by atoms with Gasteiger partial charge < -0.3 is 0 Å². The highest BCUT2D eigenvalue weighted by Crippen LogP contribution is 2.13. The molecule has 0 bridgehead atoms. The molecule has 2 aromatic carbocycles. The summed E-state index contributed by atoms with van der Waals surface area (Å²) in [6, 6.07) is 17.1. The zero-order valence-corrected chi connectivity index (χ0v) is 13.2. The number of aromatic nitrogens is 3. The van der Waals surface area contributed by atoms with Crippen LogP contribution >= 0.6 is 15.9 Å². The molecule has 0 aliphatic rings. The molecule has 1 aromatic heterocycles. The van der Waals surface area contributed by atoms with Crippen molar-refractivity contribution in [2.45, 2.75) is 6.54 Å². The number of anilines is 1. The number of hydrogen-bond acceptors (Lipinski definition) is 3. The van der Waals surface area contributed by atoms with Crippen molar-refractivity contribution in [3.05, 3.63) is 76.5 Å². The van der Waals surface area contributed by atoms with Gasteiger partial charge in [-0.15, -0.1) is 10.2 Å². The van der Waals surface area contributed by atoms with E-state index in [4.69, 9.17) is 0 Å². The Morgan fingerprint density at radius 1 is 1.09 bits per heavy atom. The lowest BCUT2D eigenvalue weighted by atomic mass is 10.2. The van der Waals surface area contributed by atoms with Gasteiger partial charge in [-0.05, 0) is 29.8 Å². The highest BCUT2D eigenvalue weighted by molar-refractivity contribution is 9.10. The molecule has 110 valence electrons. The summed E-state index contributed by atoms with van der Waals surface area (Å²) in [6.07, 6.45) is 1.60. The molecule has 0 saturated carbocycles. The Balaban J connectivity index is 1.75. The molecule has 0 unspecified atom stereocenters. The number of nitrogens with zero attached hydrogens (tertiary/aromatic N) is 3. The number of benzene rings is 2. The van der Waals surface area contributed by atoms with Crippen molar-refractivity contribution in [3.63, 3.8) is 0 Å². The van der Waals surface area contributed by atoms with Gasteiger partial charge in [0.1, 0.15) is 6.33 Å². The van der Waals surface area contributed by atoms with Gasteiger partial charge in [-0.25, -0.2) is 0 Å². The molecule has 3 rings (SSSR count). The number of nitrogens with one attached hydrogen (secondary N) is 1. The van der Waals surface area contributed by atoms with Gasteiger partial charge in [0.2, 0.25) is 5.95 Å². The lowest BCUT2D eigenvalue weighted by Crippen LogP contribution is -2.16. The summed E-state index contributed by atoms with van der Waals surface area (Å²) < 4.78 is 2.72. The van der Waals surface area contributed by atoms with Gasteiger partial charge in [0.05, 0.1) is 6.54 Å². The summed E-state index contributed by atoms with van der Waals surface area (Å²) in [5.74, 6) is 0.214. The largest absolute Gasteiger partial charge is 0.295 e. The molecule has 0 spiro atoms. The first-order valence-electron chi connectivity index (χ1n) is 6.71. The Bertz CT molecular complexity index is 768. The minimum Gasteiger partial charge on any atom is -0.295 e. The van der Waals surface area contributed by atoms with Crippen LogP contribution in [0.15, 0.2) is 65.4 Å². The van der Waals surface area contributed by atoms with Crippen molar-refractivity contribution < 1.29 is 4.79 Å². The minimum absolute atomic E-state index is 0.213. The summed E-state index contributed by atoms with van der Waals surface area (Å²) >= 11 is 3.35. The van der Waals surface area contributed by atoms with Gasteiger partial charge in [0.15, 0.2) is 0 Å². The molecule has 22 heavy (non-hydrogen) atoms. The first kappa shape index (κ1) is 14.5. The van der Waals surface area contributed by atoms with E-state index in [1.165, 1.54) is 0 Å². The Morgan fingerprint density at radius 3 is 2.55 bits per heavy atom. The van der Waals surface area contributed by atoms with Crippen LogP contribution in [0.1, 0.15) is 15.9 Å². The molecule has 1 heterocycles. The third-order valence-electron chi connectivity index (χ3n) is 3.14. The van der Waals surface area contributed by atoms with Crippen molar-refractivity contribution >= 4 is 27.8 Å². The molecular weight excluding hydrogens is 344 g/mol. The molecule has 0 atom stereocenters. The molecular formula is C16H13BrN4O. The summed E-state index contributed by atoms with van der Waals surface area (Å²) in [5.41, 5.74) is 1.68. The van der Waals surface area contributed by atoms with Gasteiger partial charge in [0, 0.05) is 10.0 Å². The zero-order valence-electron chi connectivity index (χ0n) is 11.6. The predicted molar refractivity (Wildman–Crippen MR) is 87.7 cm³/mol. The van der Waals surface area contributed by atoms with Crippen LogP contribution in [-0.4, -0.2) is 20.7 Å². The van der Waals surface area contributed by atoms with Gasteiger partial charge in [-0.2, -0.15) is 0 Å². The van der Waals surface area contributed by atoms with E-state index in [2.05, 4.69) is 31.4 Å². The van der Waals surface area contributed by atoms with Crippen LogP contribution < -0.4 is 5.32 Å². The first-order chi connectivity index (χ1) is 10.7. The van der Waals surface area contributed by atoms with Crippen LogP contribution in [0.4, 0.5) is 5.95 Å². The second-order valence-electron chi connectivity index (χ2n) is 4.73. The maximum atomic E-state index is 12.2. The average Bonchev–Trinajstić information content (AvgIpc) is 2.96. The number of carbonyl (C=O) groups is 1. The Hall–Kier alpha value is -2.47. The molecule has 5 nitrogen and oxygen atoms in total. The Labute approximate surface area is 136 Å². The zero-order chi connectivity index (χ0) is 15.4. The van der Waals surface area contributed by atoms with Gasteiger partial charge in [0.25, 0.3) is 5.91 Å². The topological polar surface area (TPSA) is 59.8 Å². The fourth-order valence-electron chi connectivity index (χ4n) is 2.02. The molecule has 3 aromatic rings. The Morgan fingerprint density at radius 2 is 1.82 bits per heavy atom. The SMILES string of the molecule is O=C(Nc1nncn1Cc1ccccc1)c1ccc(Br)cc1. The molecule has 0 aliphatic carbocycles. The van der Waals surface area contributed by atoms with Crippen LogP contribution in [0.5, 0.6) is 0 Å². The third-order valence-corrected chi connectivity index (χ3v) is 3.67. The molecule has 1 N–H and O–H groups in total. The molecule has 1 amide bonds. The summed E-state index contributed by atoms with van der Waals surface area (Å²) in [5, 5.41) is 10.6. The molecule has 0 radical (unpaired) electrons. The van der Waals surface area contributed by atoms with Gasteiger partial charge in [-0.3, -0.25) is 14.7 Å². The lowest BCUT2D eigenvalue weighted by molar-refractivity contribution is 0.102. The van der Waals surface area contributed by atoms with E-state index in [-0.39, 0.29) is 5.91 Å². The van der Waals surface area contributed by atoms with E-state index in [0.29, 0.717) is 18.1 Å². The monoisotopic (exact) mass is 356 g/mol. The van der Waals surface area contributed by atoms with Crippen LogP contribution in [0.3, 0.4) is 0 Å². The van der Waals surface area contributed by atoms with Crippen molar-refractivity contribution in [1.82, 2.24) is 14.8 Å². The maximum Gasteiger partial charge on any atom is 0.258 e. The third kappa shape index (κ3) is 3.40. The van der Waals surface area contributed by atoms with E-state index in [9.17, 15) is 4.79 Å². The molecule has 6 heteroatoms. The maximum absolute atomic E-state index is 12.2. The summed E-state index contributed by atoms with van der Waals surface area (Å²) in [6.45, 7) is 0.601. The number of carbonyl (C=O) groups excluding carboxylic acids is 1. The number of rotatable bonds is 4. The van der Waals surface area contributed by atoms with E-state index < -0.39 is 0 Å². The predicted octanol–water partition coefficient (Wildman–Crippen LogP) is 3.34.